The van der Waals surface area contributed by atoms with Crippen molar-refractivity contribution in [1.82, 2.24) is 0 Å². The summed E-state index contributed by atoms with van der Waals surface area (Å²) in [7, 11) is 0. The van der Waals surface area contributed by atoms with E-state index in [1.54, 1.807) is 13.8 Å². The second-order valence-electron chi connectivity index (χ2n) is 7.13. The molecule has 0 heterocycles. The van der Waals surface area contributed by atoms with Gasteiger partial charge in [-0.1, -0.05) is 62.0 Å². The predicted molar refractivity (Wildman–Crippen MR) is 105 cm³/mol. The van der Waals surface area contributed by atoms with Crippen LogP contribution >= 0.6 is 34.8 Å². The van der Waals surface area contributed by atoms with Gasteiger partial charge in [0, 0.05) is 12.5 Å². The van der Waals surface area contributed by atoms with Crippen molar-refractivity contribution >= 4 is 53.0 Å². The highest BCUT2D eigenvalue weighted by molar-refractivity contribution is 6.67. The van der Waals surface area contributed by atoms with Gasteiger partial charge in [0.1, 0.15) is 19.0 Å². The van der Waals surface area contributed by atoms with Crippen LogP contribution in [0.1, 0.15) is 47.5 Å². The Kier molecular flexibility index (Phi) is 11.8. The summed E-state index contributed by atoms with van der Waals surface area (Å²) in [4.78, 5) is 35.9. The molecule has 0 aromatic heterocycles. The highest BCUT2D eigenvalue weighted by atomic mass is 35.6. The quantitative estimate of drug-likeness (QED) is 0.141. The average Bonchev–Trinajstić information content (AvgIpc) is 2.59. The normalized spacial score (nSPS) is 15.6. The first-order valence-electron chi connectivity index (χ1n) is 8.84. The maximum atomic E-state index is 12.6. The van der Waals surface area contributed by atoms with E-state index in [2.05, 4.69) is 0 Å². The van der Waals surface area contributed by atoms with Gasteiger partial charge in [0.2, 0.25) is 3.79 Å². The Labute approximate surface area is 176 Å². The number of ketones is 1. The van der Waals surface area contributed by atoms with Gasteiger partial charge in [0.05, 0.1) is 17.9 Å². The van der Waals surface area contributed by atoms with E-state index in [4.69, 9.17) is 49.0 Å². The third kappa shape index (κ3) is 10.5. The summed E-state index contributed by atoms with van der Waals surface area (Å²) >= 11 is 16.7. The van der Waals surface area contributed by atoms with Crippen LogP contribution in [0.15, 0.2) is 0 Å². The summed E-state index contributed by atoms with van der Waals surface area (Å²) in [5.74, 6) is -1.42. The van der Waals surface area contributed by atoms with E-state index < -0.39 is 34.0 Å². The number of unbranched alkanes of at least 4 members (excludes halogenated alkanes) is 1. The Balaban J connectivity index is 5.16. The molecule has 0 radical (unpaired) electrons. The summed E-state index contributed by atoms with van der Waals surface area (Å²) in [5.41, 5.74) is -1.20. The maximum absolute atomic E-state index is 12.6. The number of hydrogen-bond donors (Lipinski definition) is 0. The zero-order valence-electron chi connectivity index (χ0n) is 16.4. The Bertz CT molecular complexity index is 490. The fourth-order valence-electron chi connectivity index (χ4n) is 2.40. The van der Waals surface area contributed by atoms with Crippen molar-refractivity contribution in [1.29, 1.82) is 0 Å². The van der Waals surface area contributed by atoms with Gasteiger partial charge in [-0.2, -0.15) is 0 Å². The number of ether oxygens (including phenoxy) is 3. The van der Waals surface area contributed by atoms with Gasteiger partial charge in [-0.05, 0) is 20.3 Å². The minimum absolute atomic E-state index is 0.279. The van der Waals surface area contributed by atoms with E-state index >= 15 is 0 Å². The lowest BCUT2D eigenvalue weighted by Gasteiger charge is -2.31. The van der Waals surface area contributed by atoms with Crippen LogP contribution in [0.4, 0.5) is 4.79 Å². The SMILES string of the molecule is CCCCOC[C@H](C)[C@H](OC(=O)OCC(Cl)(Cl)Cl)[C@@H](C)C(=O)C(C)(C)C=O. The fraction of sp³-hybridized carbons (Fsp3) is 0.833. The van der Waals surface area contributed by atoms with Gasteiger partial charge in [0.25, 0.3) is 0 Å². The van der Waals surface area contributed by atoms with Crippen molar-refractivity contribution in [2.75, 3.05) is 19.8 Å². The Morgan fingerprint density at radius 2 is 1.74 bits per heavy atom. The first kappa shape index (κ1) is 26.4. The molecule has 0 rings (SSSR count). The lowest BCUT2D eigenvalue weighted by molar-refractivity contribution is -0.140. The van der Waals surface area contributed by atoms with Gasteiger partial charge in [0.15, 0.2) is 5.78 Å². The molecule has 0 amide bonds. The molecule has 0 aromatic rings. The summed E-state index contributed by atoms with van der Waals surface area (Å²) < 4.78 is 13.9. The molecule has 27 heavy (non-hydrogen) atoms. The monoisotopic (exact) mass is 446 g/mol. The van der Waals surface area contributed by atoms with Crippen LogP contribution in [0.2, 0.25) is 0 Å². The van der Waals surface area contributed by atoms with Gasteiger partial charge in [-0.3, -0.25) is 4.79 Å². The first-order valence-corrected chi connectivity index (χ1v) is 9.97. The van der Waals surface area contributed by atoms with E-state index in [9.17, 15) is 14.4 Å². The van der Waals surface area contributed by atoms with Crippen molar-refractivity contribution in [2.24, 2.45) is 17.3 Å². The summed E-state index contributed by atoms with van der Waals surface area (Å²) in [6.07, 6.45) is 0.541. The van der Waals surface area contributed by atoms with Gasteiger partial charge in [-0.15, -0.1) is 0 Å². The fourth-order valence-corrected chi connectivity index (χ4v) is 2.57. The van der Waals surface area contributed by atoms with Crippen molar-refractivity contribution in [3.8, 4) is 0 Å². The second-order valence-corrected chi connectivity index (χ2v) is 9.65. The minimum atomic E-state index is -1.77. The third-order valence-corrected chi connectivity index (χ3v) is 4.33. The number of hydrogen-bond acceptors (Lipinski definition) is 6. The van der Waals surface area contributed by atoms with Crippen molar-refractivity contribution in [3.63, 3.8) is 0 Å². The molecule has 0 aliphatic rings. The number of alkyl halides is 3. The highest BCUT2D eigenvalue weighted by Crippen LogP contribution is 2.28. The number of aldehydes is 1. The average molecular weight is 448 g/mol. The molecule has 0 N–H and O–H groups in total. The zero-order chi connectivity index (χ0) is 21.3. The first-order chi connectivity index (χ1) is 12.4. The molecule has 0 unspecified atom stereocenters. The predicted octanol–water partition coefficient (Wildman–Crippen LogP) is 4.76. The molecule has 0 saturated carbocycles. The maximum Gasteiger partial charge on any atom is 0.508 e. The van der Waals surface area contributed by atoms with E-state index in [-0.39, 0.29) is 18.3 Å². The molecular weight excluding hydrogens is 419 g/mol. The Morgan fingerprint density at radius 1 is 1.15 bits per heavy atom. The van der Waals surface area contributed by atoms with Crippen LogP contribution in [-0.2, 0) is 23.8 Å². The Hall–Kier alpha value is -0.560. The topological polar surface area (TPSA) is 78.9 Å². The lowest BCUT2D eigenvalue weighted by atomic mass is 9.78. The Morgan fingerprint density at radius 3 is 2.22 bits per heavy atom. The van der Waals surface area contributed by atoms with Crippen LogP contribution in [0, 0.1) is 17.3 Å². The standard InChI is InChI=1S/C18H29Cl3O6/c1-6-7-8-25-9-12(2)14(13(3)15(23)17(4,5)10-22)27-16(24)26-11-18(19,20)21/h10,12-14H,6-9,11H2,1-5H3/t12-,13+,14-/m0/s1. The molecule has 0 saturated heterocycles. The molecule has 158 valence electrons. The van der Waals surface area contributed by atoms with E-state index in [0.29, 0.717) is 12.9 Å². The number of carbonyl (C=O) groups is 3. The van der Waals surface area contributed by atoms with Gasteiger partial charge >= 0.3 is 6.16 Å². The molecule has 9 heteroatoms. The van der Waals surface area contributed by atoms with Crippen molar-refractivity contribution in [3.05, 3.63) is 0 Å². The molecule has 0 aromatic carbocycles. The third-order valence-electron chi connectivity index (χ3n) is 4.01. The number of rotatable bonds is 12. The molecule has 0 fully saturated rings. The highest BCUT2D eigenvalue weighted by Gasteiger charge is 2.39. The number of halogens is 3. The molecule has 0 bridgehead atoms. The van der Waals surface area contributed by atoms with E-state index in [0.717, 1.165) is 12.8 Å². The minimum Gasteiger partial charge on any atom is -0.430 e. The van der Waals surface area contributed by atoms with E-state index in [1.807, 2.05) is 6.92 Å². The second kappa shape index (κ2) is 12.1. The molecule has 0 spiro atoms. The molecule has 6 nitrogen and oxygen atoms in total. The summed E-state index contributed by atoms with van der Waals surface area (Å²) in [6.45, 7) is 8.81. The van der Waals surface area contributed by atoms with Crippen LogP contribution in [0.25, 0.3) is 0 Å². The number of carbonyl (C=O) groups excluding carboxylic acids is 3. The summed E-state index contributed by atoms with van der Waals surface area (Å²) in [5, 5.41) is 0. The van der Waals surface area contributed by atoms with Crippen molar-refractivity contribution < 1.29 is 28.6 Å². The molecule has 0 aliphatic carbocycles. The number of Topliss-reactive ketones (excluding diaryl/α,β-unsaturated/α-hetero) is 1. The molecular formula is C18H29Cl3O6. The zero-order valence-corrected chi connectivity index (χ0v) is 18.7. The van der Waals surface area contributed by atoms with Crippen molar-refractivity contribution in [2.45, 2.75) is 57.4 Å². The van der Waals surface area contributed by atoms with Crippen LogP contribution in [0.5, 0.6) is 0 Å². The molecule has 3 atom stereocenters. The van der Waals surface area contributed by atoms with Gasteiger partial charge in [-0.25, -0.2) is 4.79 Å². The van der Waals surface area contributed by atoms with Crippen LogP contribution < -0.4 is 0 Å². The van der Waals surface area contributed by atoms with Crippen LogP contribution in [0.3, 0.4) is 0 Å². The summed E-state index contributed by atoms with van der Waals surface area (Å²) in [6, 6.07) is 0. The van der Waals surface area contributed by atoms with E-state index in [1.165, 1.54) is 13.8 Å². The largest absolute Gasteiger partial charge is 0.508 e. The van der Waals surface area contributed by atoms with Gasteiger partial charge < -0.3 is 19.0 Å². The smallest absolute Gasteiger partial charge is 0.430 e. The van der Waals surface area contributed by atoms with Crippen LogP contribution in [-0.4, -0.2) is 47.9 Å². The lowest BCUT2D eigenvalue weighted by Crippen LogP contribution is -2.43. The molecule has 0 aliphatic heterocycles.